The van der Waals surface area contributed by atoms with Gasteiger partial charge >= 0.3 is 0 Å². The molecular weight excluding hydrogens is 434 g/mol. The van der Waals surface area contributed by atoms with Crippen LogP contribution in [0.15, 0.2) is 18.2 Å². The molecule has 1 aliphatic carbocycles. The molecule has 3 saturated heterocycles. The van der Waals surface area contributed by atoms with Crippen molar-refractivity contribution in [1.82, 2.24) is 15.1 Å². The molecule has 6 rings (SSSR count). The van der Waals surface area contributed by atoms with Crippen LogP contribution in [0, 0.1) is 5.41 Å². The Bertz CT molecular complexity index is 1000. The number of hydrogen-bond acceptors (Lipinski definition) is 6. The Kier molecular flexibility index (Phi) is 5.60. The molecular formula is C26H33N3O5. The lowest BCUT2D eigenvalue weighted by molar-refractivity contribution is -0.136. The van der Waals surface area contributed by atoms with E-state index in [0.717, 1.165) is 44.0 Å². The summed E-state index contributed by atoms with van der Waals surface area (Å²) in [5.74, 6) is 0.00529. The predicted octanol–water partition coefficient (Wildman–Crippen LogP) is 2.25. The highest BCUT2D eigenvalue weighted by atomic mass is 16.5. The Hall–Kier alpha value is -2.45. The van der Waals surface area contributed by atoms with Crippen molar-refractivity contribution in [2.45, 2.75) is 76.1 Å². The molecule has 1 unspecified atom stereocenters. The number of carbonyl (C=O) groups is 3. The highest BCUT2D eigenvalue weighted by Gasteiger charge is 2.45. The third-order valence-electron chi connectivity index (χ3n) is 8.69. The molecule has 8 heteroatoms. The molecule has 34 heavy (non-hydrogen) atoms. The molecule has 4 fully saturated rings. The van der Waals surface area contributed by atoms with Gasteiger partial charge in [-0.15, -0.1) is 0 Å². The topological polar surface area (TPSA) is 88.2 Å². The van der Waals surface area contributed by atoms with Crippen LogP contribution >= 0.6 is 0 Å². The van der Waals surface area contributed by atoms with E-state index in [1.54, 1.807) is 4.90 Å². The molecule has 3 atom stereocenters. The van der Waals surface area contributed by atoms with Gasteiger partial charge in [-0.05, 0) is 80.7 Å². The van der Waals surface area contributed by atoms with Crippen molar-refractivity contribution in [3.63, 3.8) is 0 Å². The summed E-state index contributed by atoms with van der Waals surface area (Å²) in [6.07, 6.45) is 7.80. The first-order valence-corrected chi connectivity index (χ1v) is 12.8. The first-order chi connectivity index (χ1) is 16.5. The number of hydrogen-bond donors (Lipinski definition) is 1. The minimum absolute atomic E-state index is 0.145. The molecule has 0 aromatic heterocycles. The van der Waals surface area contributed by atoms with Gasteiger partial charge in [0, 0.05) is 44.3 Å². The second-order valence-electron chi connectivity index (χ2n) is 10.7. The van der Waals surface area contributed by atoms with Crippen LogP contribution < -0.4 is 10.1 Å². The van der Waals surface area contributed by atoms with Gasteiger partial charge in [0.2, 0.25) is 11.8 Å². The fraction of sp³-hybridized carbons (Fsp3) is 0.654. The van der Waals surface area contributed by atoms with E-state index in [1.807, 2.05) is 18.2 Å². The summed E-state index contributed by atoms with van der Waals surface area (Å²) in [6.45, 7) is 4.46. The normalized spacial score (nSPS) is 31.2. The van der Waals surface area contributed by atoms with E-state index in [4.69, 9.17) is 9.47 Å². The number of fused-ring (bicyclic) bond motifs is 1. The Morgan fingerprint density at radius 1 is 1.06 bits per heavy atom. The number of nitrogens with zero attached hydrogens (tertiary/aromatic N) is 2. The Balaban J connectivity index is 1.13. The molecule has 5 aliphatic rings. The molecule has 3 amide bonds. The molecule has 4 aliphatic heterocycles. The molecule has 1 aromatic carbocycles. The molecule has 8 nitrogen and oxygen atoms in total. The van der Waals surface area contributed by atoms with Gasteiger partial charge in [0.05, 0.1) is 0 Å². The van der Waals surface area contributed by atoms with E-state index in [1.165, 1.54) is 32.1 Å². The van der Waals surface area contributed by atoms with Crippen LogP contribution in [0.1, 0.15) is 67.3 Å². The first kappa shape index (κ1) is 22.0. The van der Waals surface area contributed by atoms with E-state index in [9.17, 15) is 14.4 Å². The lowest BCUT2D eigenvalue weighted by Gasteiger charge is -2.35. The van der Waals surface area contributed by atoms with E-state index in [-0.39, 0.29) is 30.2 Å². The molecule has 1 saturated carbocycles. The largest absolute Gasteiger partial charge is 0.489 e. The fourth-order valence-electron chi connectivity index (χ4n) is 6.73. The van der Waals surface area contributed by atoms with Crippen molar-refractivity contribution in [1.29, 1.82) is 0 Å². The highest BCUT2D eigenvalue weighted by Crippen LogP contribution is 2.43. The lowest BCUT2D eigenvalue weighted by Crippen LogP contribution is -2.52. The maximum absolute atomic E-state index is 13.0. The van der Waals surface area contributed by atoms with Gasteiger partial charge in [0.25, 0.3) is 5.91 Å². The molecule has 182 valence electrons. The standard InChI is InChI=1S/C26H33N3O5/c30-23-7-6-21(24(31)27-23)29-15-17-14-18(4-5-19(17)25(29)32)34-22-3-1-2-20(22)28-11-8-26(16-28)9-12-33-13-10-26/h4-5,14,20-22H,1-3,6-13,15-16H2,(H,27,30,31)/t20-,21?,22+/m1/s1. The van der Waals surface area contributed by atoms with Crippen LogP contribution in [-0.2, 0) is 20.9 Å². The number of ether oxygens (including phenoxy) is 2. The van der Waals surface area contributed by atoms with Crippen LogP contribution in [0.2, 0.25) is 0 Å². The second kappa shape index (κ2) is 8.64. The average molecular weight is 468 g/mol. The summed E-state index contributed by atoms with van der Waals surface area (Å²) >= 11 is 0. The van der Waals surface area contributed by atoms with E-state index >= 15 is 0 Å². The van der Waals surface area contributed by atoms with Gasteiger partial charge in [-0.25, -0.2) is 0 Å². The van der Waals surface area contributed by atoms with Gasteiger partial charge in [-0.1, -0.05) is 0 Å². The Morgan fingerprint density at radius 3 is 2.74 bits per heavy atom. The molecule has 0 radical (unpaired) electrons. The van der Waals surface area contributed by atoms with Crippen molar-refractivity contribution >= 4 is 17.7 Å². The van der Waals surface area contributed by atoms with Crippen LogP contribution in [0.3, 0.4) is 0 Å². The quantitative estimate of drug-likeness (QED) is 0.684. The zero-order valence-corrected chi connectivity index (χ0v) is 19.6. The Morgan fingerprint density at radius 2 is 1.91 bits per heavy atom. The molecule has 1 N–H and O–H groups in total. The minimum Gasteiger partial charge on any atom is -0.489 e. The first-order valence-electron chi connectivity index (χ1n) is 12.8. The number of nitrogens with one attached hydrogen (secondary N) is 1. The fourth-order valence-corrected chi connectivity index (χ4v) is 6.73. The smallest absolute Gasteiger partial charge is 0.255 e. The maximum atomic E-state index is 13.0. The van der Waals surface area contributed by atoms with Gasteiger partial charge in [0.1, 0.15) is 17.9 Å². The number of imide groups is 1. The van der Waals surface area contributed by atoms with Crippen molar-refractivity contribution in [2.24, 2.45) is 5.41 Å². The van der Waals surface area contributed by atoms with E-state index in [0.29, 0.717) is 30.0 Å². The monoisotopic (exact) mass is 467 g/mol. The third kappa shape index (κ3) is 3.90. The lowest BCUT2D eigenvalue weighted by atomic mass is 9.79. The van der Waals surface area contributed by atoms with Gasteiger partial charge in [0.15, 0.2) is 0 Å². The SMILES string of the molecule is O=C1CCC(N2Cc3cc(O[C@H]4CCC[C@H]4N4CCC5(CCOCC5)C4)ccc3C2=O)C(=O)N1. The van der Waals surface area contributed by atoms with Crippen molar-refractivity contribution in [3.05, 3.63) is 29.3 Å². The number of carbonyl (C=O) groups excluding carboxylic acids is 3. The number of piperidine rings is 1. The van der Waals surface area contributed by atoms with Crippen LogP contribution in [-0.4, -0.2) is 72.0 Å². The van der Waals surface area contributed by atoms with E-state index in [2.05, 4.69) is 10.2 Å². The minimum atomic E-state index is -0.589. The van der Waals surface area contributed by atoms with Crippen molar-refractivity contribution < 1.29 is 23.9 Å². The highest BCUT2D eigenvalue weighted by molar-refractivity contribution is 6.05. The van der Waals surface area contributed by atoms with Crippen molar-refractivity contribution in [2.75, 3.05) is 26.3 Å². The summed E-state index contributed by atoms with van der Waals surface area (Å²) in [5.41, 5.74) is 1.95. The number of rotatable bonds is 4. The summed E-state index contributed by atoms with van der Waals surface area (Å²) in [5, 5.41) is 2.36. The summed E-state index contributed by atoms with van der Waals surface area (Å²) < 4.78 is 12.1. The number of benzene rings is 1. The predicted molar refractivity (Wildman–Crippen MR) is 123 cm³/mol. The summed E-state index contributed by atoms with van der Waals surface area (Å²) in [7, 11) is 0. The number of likely N-dealkylation sites (tertiary alicyclic amines) is 1. The van der Waals surface area contributed by atoms with Crippen LogP contribution in [0.25, 0.3) is 0 Å². The van der Waals surface area contributed by atoms with Crippen LogP contribution in [0.4, 0.5) is 0 Å². The maximum Gasteiger partial charge on any atom is 0.255 e. The molecule has 1 aromatic rings. The Labute approximate surface area is 199 Å². The summed E-state index contributed by atoms with van der Waals surface area (Å²) in [4.78, 5) is 41.0. The van der Waals surface area contributed by atoms with E-state index < -0.39 is 6.04 Å². The van der Waals surface area contributed by atoms with Gasteiger partial charge in [-0.2, -0.15) is 0 Å². The molecule has 1 spiro atoms. The zero-order valence-electron chi connectivity index (χ0n) is 19.6. The molecule has 0 bridgehead atoms. The number of amides is 3. The average Bonchev–Trinajstić information content (AvgIpc) is 3.53. The summed E-state index contributed by atoms with van der Waals surface area (Å²) in [6, 6.07) is 5.55. The second-order valence-corrected chi connectivity index (χ2v) is 10.7. The van der Waals surface area contributed by atoms with Gasteiger partial charge in [-0.3, -0.25) is 24.6 Å². The van der Waals surface area contributed by atoms with Crippen molar-refractivity contribution in [3.8, 4) is 5.75 Å². The molecule has 4 heterocycles. The van der Waals surface area contributed by atoms with Crippen LogP contribution in [0.5, 0.6) is 5.75 Å². The third-order valence-corrected chi connectivity index (χ3v) is 8.69. The zero-order chi connectivity index (χ0) is 23.3. The van der Waals surface area contributed by atoms with Gasteiger partial charge < -0.3 is 14.4 Å².